The van der Waals surface area contributed by atoms with Gasteiger partial charge in [0.25, 0.3) is 0 Å². The standard InChI is InChI=1S/C20H37N2O7P/c1-8-27-30(26,28-9-2)15-10-11-16(18(13-15)22(24)25)17(12-14(3)4)21-19(23)29-20(5,6)7/h10,14,16-18H,8-9,11-13H2,1-7H3,(H,21,23)/t16-,17+,18+/m1/s1. The number of nitrogens with zero attached hydrogens (tertiary/aromatic N) is 1. The third-order valence-corrected chi connectivity index (χ3v) is 6.97. The Bertz CT molecular complexity index is 663. The van der Waals surface area contributed by atoms with Crippen molar-refractivity contribution in [3.63, 3.8) is 0 Å². The predicted molar refractivity (Wildman–Crippen MR) is 115 cm³/mol. The lowest BCUT2D eigenvalue weighted by atomic mass is 9.80. The molecule has 0 bridgehead atoms. The van der Waals surface area contributed by atoms with E-state index < -0.39 is 37.3 Å². The van der Waals surface area contributed by atoms with Crippen LogP contribution in [0.25, 0.3) is 0 Å². The number of nitro groups is 1. The summed E-state index contributed by atoms with van der Waals surface area (Å²) in [6.07, 6.45) is 1.93. The number of allylic oxidation sites excluding steroid dienone is 1. The van der Waals surface area contributed by atoms with Crippen LogP contribution in [0.4, 0.5) is 4.79 Å². The number of amides is 1. The number of carbonyl (C=O) groups is 1. The largest absolute Gasteiger partial charge is 0.444 e. The lowest BCUT2D eigenvalue weighted by Gasteiger charge is -2.34. The van der Waals surface area contributed by atoms with Crippen molar-refractivity contribution >= 4 is 13.7 Å². The lowest BCUT2D eigenvalue weighted by Crippen LogP contribution is -2.49. The molecule has 0 unspecified atom stereocenters. The Morgan fingerprint density at radius 1 is 1.30 bits per heavy atom. The Kier molecular flexibility index (Phi) is 9.98. The smallest absolute Gasteiger partial charge is 0.407 e. The zero-order valence-electron chi connectivity index (χ0n) is 19.2. The van der Waals surface area contributed by atoms with Crippen molar-refractivity contribution < 1.29 is 28.1 Å². The summed E-state index contributed by atoms with van der Waals surface area (Å²) in [5.74, 6) is -0.254. The van der Waals surface area contributed by atoms with Gasteiger partial charge >= 0.3 is 13.7 Å². The van der Waals surface area contributed by atoms with Crippen LogP contribution in [0.15, 0.2) is 11.4 Å². The van der Waals surface area contributed by atoms with Crippen molar-refractivity contribution in [1.82, 2.24) is 5.32 Å². The quantitative estimate of drug-likeness (QED) is 0.280. The van der Waals surface area contributed by atoms with E-state index in [9.17, 15) is 19.5 Å². The number of nitrogens with one attached hydrogen (secondary N) is 1. The van der Waals surface area contributed by atoms with Gasteiger partial charge in [-0.15, -0.1) is 0 Å². The molecule has 0 aromatic rings. The number of hydrogen-bond acceptors (Lipinski definition) is 7. The molecule has 0 saturated heterocycles. The average Bonchev–Trinajstić information content (AvgIpc) is 2.59. The second-order valence-electron chi connectivity index (χ2n) is 8.87. The average molecular weight is 448 g/mol. The number of carbonyl (C=O) groups excluding carboxylic acids is 1. The van der Waals surface area contributed by atoms with Gasteiger partial charge in [0.1, 0.15) is 5.60 Å². The first-order valence-electron chi connectivity index (χ1n) is 10.5. The van der Waals surface area contributed by atoms with E-state index in [0.29, 0.717) is 11.7 Å². The molecule has 30 heavy (non-hydrogen) atoms. The molecule has 0 aliphatic heterocycles. The molecule has 0 heterocycles. The summed E-state index contributed by atoms with van der Waals surface area (Å²) in [5, 5.41) is 15.1. The number of rotatable bonds is 10. The molecule has 1 aliphatic rings. The number of alkyl carbamates (subject to hydrolysis) is 1. The Morgan fingerprint density at radius 2 is 1.87 bits per heavy atom. The monoisotopic (exact) mass is 448 g/mol. The van der Waals surface area contributed by atoms with Gasteiger partial charge in [-0.1, -0.05) is 19.9 Å². The molecular weight excluding hydrogens is 411 g/mol. The van der Waals surface area contributed by atoms with Crippen LogP contribution >= 0.6 is 7.60 Å². The zero-order chi connectivity index (χ0) is 23.1. The van der Waals surface area contributed by atoms with Gasteiger partial charge in [-0.3, -0.25) is 14.7 Å². The Hall–Kier alpha value is -1.44. The van der Waals surface area contributed by atoms with Gasteiger partial charge in [-0.25, -0.2) is 4.79 Å². The first-order valence-corrected chi connectivity index (χ1v) is 12.1. The highest BCUT2D eigenvalue weighted by Crippen LogP contribution is 2.59. The summed E-state index contributed by atoms with van der Waals surface area (Å²) in [6, 6.07) is -1.47. The van der Waals surface area contributed by atoms with Crippen LogP contribution in [0.3, 0.4) is 0 Å². The van der Waals surface area contributed by atoms with E-state index in [0.717, 1.165) is 0 Å². The molecule has 174 valence electrons. The van der Waals surface area contributed by atoms with Gasteiger partial charge in [0.2, 0.25) is 6.04 Å². The summed E-state index contributed by atoms with van der Waals surface area (Å²) in [6.45, 7) is 13.0. The molecule has 10 heteroatoms. The van der Waals surface area contributed by atoms with E-state index in [4.69, 9.17) is 13.8 Å². The van der Waals surface area contributed by atoms with E-state index in [2.05, 4.69) is 5.32 Å². The molecule has 1 rings (SSSR count). The van der Waals surface area contributed by atoms with Crippen molar-refractivity contribution in [2.75, 3.05) is 13.2 Å². The fourth-order valence-electron chi connectivity index (χ4n) is 3.62. The summed E-state index contributed by atoms with van der Waals surface area (Å²) in [5.41, 5.74) is -0.670. The van der Waals surface area contributed by atoms with E-state index in [1.54, 1.807) is 40.7 Å². The van der Waals surface area contributed by atoms with Gasteiger partial charge in [-0.05, 0) is 53.4 Å². The molecular formula is C20H37N2O7P. The first-order chi connectivity index (χ1) is 13.8. The van der Waals surface area contributed by atoms with Crippen LogP contribution in [0.2, 0.25) is 0 Å². The molecule has 0 aromatic heterocycles. The van der Waals surface area contributed by atoms with Crippen molar-refractivity contribution in [1.29, 1.82) is 0 Å². The maximum atomic E-state index is 13.1. The third-order valence-electron chi connectivity index (χ3n) is 4.70. The molecule has 9 nitrogen and oxygen atoms in total. The van der Waals surface area contributed by atoms with Crippen molar-refractivity contribution in [2.24, 2.45) is 11.8 Å². The molecule has 1 amide bonds. The van der Waals surface area contributed by atoms with Crippen LogP contribution in [0, 0.1) is 22.0 Å². The maximum Gasteiger partial charge on any atom is 0.407 e. The minimum atomic E-state index is -3.57. The zero-order valence-corrected chi connectivity index (χ0v) is 20.1. The molecule has 3 atom stereocenters. The predicted octanol–water partition coefficient (Wildman–Crippen LogP) is 5.13. The second kappa shape index (κ2) is 11.3. The molecule has 0 radical (unpaired) electrons. The normalized spacial score (nSPS) is 21.1. The van der Waals surface area contributed by atoms with Crippen molar-refractivity contribution in [2.45, 2.75) is 85.4 Å². The van der Waals surface area contributed by atoms with Gasteiger partial charge < -0.3 is 19.1 Å². The highest BCUT2D eigenvalue weighted by molar-refractivity contribution is 7.58. The Morgan fingerprint density at radius 3 is 2.30 bits per heavy atom. The van der Waals surface area contributed by atoms with E-state index >= 15 is 0 Å². The van der Waals surface area contributed by atoms with E-state index in [-0.39, 0.29) is 36.9 Å². The summed E-state index contributed by atoms with van der Waals surface area (Å²) < 4.78 is 29.2. The summed E-state index contributed by atoms with van der Waals surface area (Å²) in [7, 11) is -3.57. The third kappa shape index (κ3) is 8.00. The van der Waals surface area contributed by atoms with Gasteiger partial charge in [0.15, 0.2) is 0 Å². The summed E-state index contributed by atoms with van der Waals surface area (Å²) >= 11 is 0. The van der Waals surface area contributed by atoms with Crippen LogP contribution < -0.4 is 5.32 Å². The van der Waals surface area contributed by atoms with Crippen LogP contribution in [0.5, 0.6) is 0 Å². The van der Waals surface area contributed by atoms with Gasteiger partial charge in [-0.2, -0.15) is 0 Å². The minimum absolute atomic E-state index is 0.0421. The lowest BCUT2D eigenvalue weighted by molar-refractivity contribution is -0.533. The molecule has 0 saturated carbocycles. The topological polar surface area (TPSA) is 117 Å². The summed E-state index contributed by atoms with van der Waals surface area (Å²) in [4.78, 5) is 23.9. The highest BCUT2D eigenvalue weighted by Gasteiger charge is 2.45. The van der Waals surface area contributed by atoms with E-state index in [1.807, 2.05) is 13.8 Å². The highest BCUT2D eigenvalue weighted by atomic mass is 31.2. The molecule has 1 N–H and O–H groups in total. The first kappa shape index (κ1) is 26.6. The molecule has 0 spiro atoms. The SMILES string of the molecule is CCOP(=O)(OCC)C1=CC[C@H]([C@H](CC(C)C)NC(=O)OC(C)(C)C)[C@@H]([N+](=O)[O-])C1. The molecule has 0 aromatic carbocycles. The molecule has 1 aliphatic carbocycles. The van der Waals surface area contributed by atoms with Crippen LogP contribution in [-0.2, 0) is 18.3 Å². The van der Waals surface area contributed by atoms with E-state index in [1.165, 1.54) is 0 Å². The second-order valence-corrected chi connectivity index (χ2v) is 11.0. The van der Waals surface area contributed by atoms with Crippen LogP contribution in [-0.4, -0.2) is 41.9 Å². The van der Waals surface area contributed by atoms with Gasteiger partial charge in [0.05, 0.1) is 19.1 Å². The van der Waals surface area contributed by atoms with Crippen molar-refractivity contribution in [3.05, 3.63) is 21.5 Å². The fraction of sp³-hybridized carbons (Fsp3) is 0.850. The number of hydrogen-bond donors (Lipinski definition) is 1. The minimum Gasteiger partial charge on any atom is -0.444 e. The Labute approximate surface area is 179 Å². The van der Waals surface area contributed by atoms with Gasteiger partial charge in [0, 0.05) is 22.7 Å². The number of ether oxygens (including phenoxy) is 1. The fourth-order valence-corrected chi connectivity index (χ4v) is 5.44. The maximum absolute atomic E-state index is 13.1. The van der Waals surface area contributed by atoms with Crippen molar-refractivity contribution in [3.8, 4) is 0 Å². The van der Waals surface area contributed by atoms with Crippen LogP contribution in [0.1, 0.15) is 67.7 Å². The molecule has 0 fully saturated rings. The Balaban J connectivity index is 3.17.